The van der Waals surface area contributed by atoms with Gasteiger partial charge in [0.2, 0.25) is 0 Å². The van der Waals surface area contributed by atoms with Gasteiger partial charge in [0.05, 0.1) is 12.2 Å². The fraction of sp³-hybridized carbons (Fsp3) is 1.00. The predicted octanol–water partition coefficient (Wildman–Crippen LogP) is -0.705. The molecule has 0 bridgehead atoms. The number of morpholine rings is 1. The monoisotopic (exact) mass is 268 g/mol. The molecule has 0 radical (unpaired) electrons. The molecular weight excluding hydrogens is 240 g/mol. The summed E-state index contributed by atoms with van der Waals surface area (Å²) in [7, 11) is 2.22. The van der Waals surface area contributed by atoms with Crippen molar-refractivity contribution in [3.63, 3.8) is 0 Å². The summed E-state index contributed by atoms with van der Waals surface area (Å²) >= 11 is 0. The third-order valence-electron chi connectivity index (χ3n) is 4.68. The lowest BCUT2D eigenvalue weighted by Gasteiger charge is -2.49. The van der Waals surface area contributed by atoms with Crippen LogP contribution in [0.15, 0.2) is 0 Å². The van der Waals surface area contributed by atoms with Crippen molar-refractivity contribution in [3.05, 3.63) is 0 Å². The van der Waals surface area contributed by atoms with E-state index < -0.39 is 0 Å². The Morgan fingerprint density at radius 2 is 1.84 bits per heavy atom. The molecule has 3 heterocycles. The Morgan fingerprint density at radius 3 is 2.53 bits per heavy atom. The Bertz CT molecular complexity index is 287. The summed E-state index contributed by atoms with van der Waals surface area (Å²) in [6.45, 7) is 12.7. The normalized spacial score (nSPS) is 36.3. The number of likely N-dealkylation sites (N-methyl/N-ethyl adjacent to an activating group) is 1. The molecule has 3 saturated heterocycles. The van der Waals surface area contributed by atoms with Gasteiger partial charge in [-0.25, -0.2) is 0 Å². The van der Waals surface area contributed by atoms with Gasteiger partial charge in [-0.3, -0.25) is 9.80 Å². The van der Waals surface area contributed by atoms with Crippen LogP contribution in [0.4, 0.5) is 0 Å². The van der Waals surface area contributed by atoms with Crippen LogP contribution in [-0.2, 0) is 4.74 Å². The van der Waals surface area contributed by atoms with Crippen molar-refractivity contribution >= 4 is 0 Å². The maximum atomic E-state index is 5.96. The average Bonchev–Trinajstić information content (AvgIpc) is 2.35. The molecule has 110 valence electrons. The third kappa shape index (κ3) is 3.47. The van der Waals surface area contributed by atoms with Gasteiger partial charge in [0, 0.05) is 64.9 Å². The molecule has 19 heavy (non-hydrogen) atoms. The Hall–Kier alpha value is -0.200. The molecule has 0 aliphatic carbocycles. The van der Waals surface area contributed by atoms with Gasteiger partial charge in [0.25, 0.3) is 0 Å². The van der Waals surface area contributed by atoms with E-state index in [1.807, 2.05) is 0 Å². The molecule has 3 aliphatic heterocycles. The summed E-state index contributed by atoms with van der Waals surface area (Å²) in [5.74, 6) is 0. The van der Waals surface area contributed by atoms with E-state index in [1.165, 1.54) is 39.3 Å². The van der Waals surface area contributed by atoms with Gasteiger partial charge in [-0.2, -0.15) is 0 Å². The minimum atomic E-state index is 0.369. The summed E-state index contributed by atoms with van der Waals surface area (Å²) in [6, 6.07) is 0.794. The van der Waals surface area contributed by atoms with E-state index in [1.54, 1.807) is 0 Å². The number of piperazine rings is 1. The van der Waals surface area contributed by atoms with Crippen LogP contribution in [0.2, 0.25) is 0 Å². The second kappa shape index (κ2) is 6.06. The van der Waals surface area contributed by atoms with Crippen molar-refractivity contribution in [2.24, 2.45) is 0 Å². The highest BCUT2D eigenvalue weighted by atomic mass is 16.5. The molecule has 5 nitrogen and oxygen atoms in total. The van der Waals surface area contributed by atoms with Crippen molar-refractivity contribution in [3.8, 4) is 0 Å². The summed E-state index contributed by atoms with van der Waals surface area (Å²) in [4.78, 5) is 7.64. The molecule has 3 fully saturated rings. The highest BCUT2D eigenvalue weighted by Gasteiger charge is 2.34. The van der Waals surface area contributed by atoms with E-state index in [4.69, 9.17) is 4.74 Å². The van der Waals surface area contributed by atoms with E-state index in [2.05, 4.69) is 34.0 Å². The van der Waals surface area contributed by atoms with Gasteiger partial charge in [0.1, 0.15) is 0 Å². The van der Waals surface area contributed by atoms with Gasteiger partial charge < -0.3 is 15.0 Å². The number of hydrogen-bond acceptors (Lipinski definition) is 5. The smallest absolute Gasteiger partial charge is 0.0830 e. The quantitative estimate of drug-likeness (QED) is 0.731. The van der Waals surface area contributed by atoms with E-state index in [-0.39, 0.29) is 0 Å². The average molecular weight is 268 g/mol. The molecule has 5 heteroatoms. The van der Waals surface area contributed by atoms with Crippen LogP contribution < -0.4 is 5.32 Å². The SMILES string of the molecule is C[C@@H]1CNC[C@@H](CN2CC(N3CCN(C)CC3)C2)O1. The summed E-state index contributed by atoms with van der Waals surface area (Å²) in [6.07, 6.45) is 0.755. The standard InChI is InChI=1S/C14H28N4O/c1-12-7-15-8-14(19-12)11-17-9-13(10-17)18-5-3-16(2)4-6-18/h12-15H,3-11H2,1-2H3/t12-,14+/m1/s1. The molecule has 3 aliphatic rings. The molecule has 0 aromatic rings. The Balaban J connectivity index is 1.36. The van der Waals surface area contributed by atoms with Crippen LogP contribution in [0.5, 0.6) is 0 Å². The third-order valence-corrected chi connectivity index (χ3v) is 4.68. The zero-order chi connectivity index (χ0) is 13.2. The lowest BCUT2D eigenvalue weighted by Crippen LogP contribution is -2.64. The Morgan fingerprint density at radius 1 is 1.11 bits per heavy atom. The zero-order valence-corrected chi connectivity index (χ0v) is 12.3. The summed E-state index contributed by atoms with van der Waals surface area (Å²) in [5, 5.41) is 3.45. The number of likely N-dealkylation sites (tertiary alicyclic amines) is 1. The molecule has 0 unspecified atom stereocenters. The summed E-state index contributed by atoms with van der Waals surface area (Å²) in [5.41, 5.74) is 0. The van der Waals surface area contributed by atoms with Crippen LogP contribution in [0.3, 0.4) is 0 Å². The Labute approximate surface area is 116 Å². The lowest BCUT2D eigenvalue weighted by molar-refractivity contribution is -0.0678. The molecule has 2 atom stereocenters. The largest absolute Gasteiger partial charge is 0.371 e. The highest BCUT2D eigenvalue weighted by Crippen LogP contribution is 2.18. The van der Waals surface area contributed by atoms with Crippen LogP contribution >= 0.6 is 0 Å². The molecule has 0 amide bonds. The second-order valence-electron chi connectivity index (χ2n) is 6.44. The Kier molecular flexibility index (Phi) is 4.39. The second-order valence-corrected chi connectivity index (χ2v) is 6.44. The van der Waals surface area contributed by atoms with Crippen molar-refractivity contribution in [1.29, 1.82) is 0 Å². The molecule has 0 spiro atoms. The molecule has 0 aromatic carbocycles. The van der Waals surface area contributed by atoms with Crippen molar-refractivity contribution < 1.29 is 4.74 Å². The number of nitrogens with zero attached hydrogens (tertiary/aromatic N) is 3. The molecule has 1 N–H and O–H groups in total. The maximum Gasteiger partial charge on any atom is 0.0830 e. The summed E-state index contributed by atoms with van der Waals surface area (Å²) < 4.78 is 5.96. The topological polar surface area (TPSA) is 31.0 Å². The molecule has 0 saturated carbocycles. The molecular formula is C14H28N4O. The van der Waals surface area contributed by atoms with Gasteiger partial charge in [0.15, 0.2) is 0 Å². The van der Waals surface area contributed by atoms with E-state index >= 15 is 0 Å². The van der Waals surface area contributed by atoms with Crippen molar-refractivity contribution in [2.75, 3.05) is 66.0 Å². The number of rotatable bonds is 3. The van der Waals surface area contributed by atoms with Crippen LogP contribution in [0, 0.1) is 0 Å². The van der Waals surface area contributed by atoms with Crippen molar-refractivity contribution in [2.45, 2.75) is 25.2 Å². The first-order chi connectivity index (χ1) is 9.20. The van der Waals surface area contributed by atoms with E-state index in [9.17, 15) is 0 Å². The number of ether oxygens (including phenoxy) is 1. The number of nitrogens with one attached hydrogen (secondary N) is 1. The van der Waals surface area contributed by atoms with Crippen molar-refractivity contribution in [1.82, 2.24) is 20.0 Å². The van der Waals surface area contributed by atoms with Crippen LogP contribution in [0.1, 0.15) is 6.92 Å². The fourth-order valence-electron chi connectivity index (χ4n) is 3.38. The highest BCUT2D eigenvalue weighted by molar-refractivity contribution is 4.91. The van der Waals surface area contributed by atoms with E-state index in [0.29, 0.717) is 12.2 Å². The molecule has 3 rings (SSSR count). The maximum absolute atomic E-state index is 5.96. The predicted molar refractivity (Wildman–Crippen MR) is 76.5 cm³/mol. The fourth-order valence-corrected chi connectivity index (χ4v) is 3.38. The minimum Gasteiger partial charge on any atom is -0.371 e. The van der Waals surface area contributed by atoms with Gasteiger partial charge in [-0.15, -0.1) is 0 Å². The first-order valence-corrected chi connectivity index (χ1v) is 7.72. The lowest BCUT2D eigenvalue weighted by atomic mass is 10.0. The van der Waals surface area contributed by atoms with Gasteiger partial charge >= 0.3 is 0 Å². The van der Waals surface area contributed by atoms with Crippen LogP contribution in [0.25, 0.3) is 0 Å². The van der Waals surface area contributed by atoms with Gasteiger partial charge in [-0.1, -0.05) is 0 Å². The van der Waals surface area contributed by atoms with Gasteiger partial charge in [-0.05, 0) is 14.0 Å². The zero-order valence-electron chi connectivity index (χ0n) is 12.3. The number of hydrogen-bond donors (Lipinski definition) is 1. The first kappa shape index (κ1) is 13.8. The minimum absolute atomic E-state index is 0.369. The van der Waals surface area contributed by atoms with Crippen LogP contribution in [-0.4, -0.2) is 98.9 Å². The molecule has 0 aromatic heterocycles. The van der Waals surface area contributed by atoms with E-state index in [0.717, 1.165) is 25.7 Å². The first-order valence-electron chi connectivity index (χ1n) is 7.72.